The highest BCUT2D eigenvalue weighted by atomic mass is 16.5. The maximum absolute atomic E-state index is 10.6. The van der Waals surface area contributed by atoms with Gasteiger partial charge in [0.05, 0.1) is 24.1 Å². The monoisotopic (exact) mass is 264 g/mol. The van der Waals surface area contributed by atoms with E-state index in [1.165, 1.54) is 0 Å². The van der Waals surface area contributed by atoms with Crippen molar-refractivity contribution in [2.75, 3.05) is 24.6 Å². The van der Waals surface area contributed by atoms with Crippen LogP contribution in [0.1, 0.15) is 25.8 Å². The van der Waals surface area contributed by atoms with Crippen LogP contribution in [0.3, 0.4) is 0 Å². The average molecular weight is 264 g/mol. The third-order valence-electron chi connectivity index (χ3n) is 3.20. The first-order valence-electron chi connectivity index (χ1n) is 6.51. The molecule has 0 radical (unpaired) electrons. The van der Waals surface area contributed by atoms with Crippen molar-refractivity contribution in [3.63, 3.8) is 0 Å². The number of hydrogen-bond donors (Lipinski definition) is 1. The Bertz CT molecular complexity index is 460. The quantitative estimate of drug-likeness (QED) is 0.897. The lowest BCUT2D eigenvalue weighted by Gasteiger charge is -2.39. The minimum atomic E-state index is -0.780. The Kier molecular flexibility index (Phi) is 4.04. The standard InChI is InChI=1S/C14H20N2O3/c1-14(2)10-16(5-6-19-14)12-7-11(8-15-9-12)3-4-13(17)18/h7-9H,3-6,10H2,1-2H3,(H,17,18). The molecular formula is C14H20N2O3. The van der Waals surface area contributed by atoms with Crippen LogP contribution in [0, 0.1) is 0 Å². The summed E-state index contributed by atoms with van der Waals surface area (Å²) in [5, 5.41) is 8.71. The number of aliphatic carboxylic acids is 1. The second-order valence-corrected chi connectivity index (χ2v) is 5.47. The second kappa shape index (κ2) is 5.57. The first kappa shape index (κ1) is 13.8. The van der Waals surface area contributed by atoms with Crippen molar-refractivity contribution in [3.8, 4) is 0 Å². The van der Waals surface area contributed by atoms with Crippen molar-refractivity contribution >= 4 is 11.7 Å². The predicted molar refractivity (Wildman–Crippen MR) is 72.4 cm³/mol. The van der Waals surface area contributed by atoms with E-state index in [1.807, 2.05) is 12.3 Å². The Balaban J connectivity index is 2.07. The van der Waals surface area contributed by atoms with Crippen molar-refractivity contribution in [2.24, 2.45) is 0 Å². The van der Waals surface area contributed by atoms with Crippen molar-refractivity contribution in [1.82, 2.24) is 4.98 Å². The molecule has 1 fully saturated rings. The zero-order chi connectivity index (χ0) is 13.9. The molecule has 2 rings (SSSR count). The molecule has 19 heavy (non-hydrogen) atoms. The molecule has 1 aromatic heterocycles. The number of carboxylic acids is 1. The summed E-state index contributed by atoms with van der Waals surface area (Å²) in [5.41, 5.74) is 1.85. The maximum Gasteiger partial charge on any atom is 0.303 e. The number of anilines is 1. The molecule has 0 spiro atoms. The Morgan fingerprint density at radius 1 is 1.53 bits per heavy atom. The molecule has 0 saturated carbocycles. The number of ether oxygens (including phenoxy) is 1. The van der Waals surface area contributed by atoms with E-state index < -0.39 is 5.97 Å². The normalized spacial score (nSPS) is 18.3. The van der Waals surface area contributed by atoms with Gasteiger partial charge in [0.25, 0.3) is 0 Å². The molecule has 0 aliphatic carbocycles. The van der Waals surface area contributed by atoms with E-state index in [-0.39, 0.29) is 12.0 Å². The van der Waals surface area contributed by atoms with E-state index in [4.69, 9.17) is 9.84 Å². The van der Waals surface area contributed by atoms with E-state index in [9.17, 15) is 4.79 Å². The van der Waals surface area contributed by atoms with Crippen molar-refractivity contribution in [1.29, 1.82) is 0 Å². The minimum Gasteiger partial charge on any atom is -0.481 e. The van der Waals surface area contributed by atoms with Gasteiger partial charge in [-0.15, -0.1) is 0 Å². The van der Waals surface area contributed by atoms with Gasteiger partial charge >= 0.3 is 5.97 Å². The van der Waals surface area contributed by atoms with Gasteiger partial charge in [-0.1, -0.05) is 0 Å². The SMILES string of the molecule is CC1(C)CN(c2cncc(CCC(=O)O)c2)CCO1. The number of hydrogen-bond acceptors (Lipinski definition) is 4. The lowest BCUT2D eigenvalue weighted by atomic mass is 10.1. The van der Waals surface area contributed by atoms with E-state index in [0.717, 1.165) is 24.3 Å². The van der Waals surface area contributed by atoms with Crippen LogP contribution < -0.4 is 4.90 Å². The molecule has 1 N–H and O–H groups in total. The number of pyridine rings is 1. The number of carbonyl (C=O) groups is 1. The molecule has 0 atom stereocenters. The van der Waals surface area contributed by atoms with Gasteiger partial charge in [-0.2, -0.15) is 0 Å². The molecule has 104 valence electrons. The zero-order valence-corrected chi connectivity index (χ0v) is 11.4. The second-order valence-electron chi connectivity index (χ2n) is 5.47. The van der Waals surface area contributed by atoms with E-state index in [2.05, 4.69) is 23.7 Å². The summed E-state index contributed by atoms with van der Waals surface area (Å²) in [4.78, 5) is 17.0. The topological polar surface area (TPSA) is 62.7 Å². The van der Waals surface area contributed by atoms with Crippen LogP contribution in [0.15, 0.2) is 18.5 Å². The highest BCUT2D eigenvalue weighted by Gasteiger charge is 2.27. The van der Waals surface area contributed by atoms with Gasteiger partial charge in [0.15, 0.2) is 0 Å². The van der Waals surface area contributed by atoms with Gasteiger partial charge in [0, 0.05) is 25.7 Å². The Morgan fingerprint density at radius 2 is 2.32 bits per heavy atom. The predicted octanol–water partition coefficient (Wildman–Crippen LogP) is 1.71. The number of morpholine rings is 1. The van der Waals surface area contributed by atoms with Gasteiger partial charge < -0.3 is 14.7 Å². The van der Waals surface area contributed by atoms with Crippen LogP contribution in [0.4, 0.5) is 5.69 Å². The van der Waals surface area contributed by atoms with Crippen molar-refractivity contribution in [3.05, 3.63) is 24.0 Å². The van der Waals surface area contributed by atoms with Crippen LogP contribution >= 0.6 is 0 Å². The van der Waals surface area contributed by atoms with Crippen LogP contribution in [-0.2, 0) is 16.0 Å². The van der Waals surface area contributed by atoms with Gasteiger partial charge in [-0.05, 0) is 31.9 Å². The number of nitrogens with zero attached hydrogens (tertiary/aromatic N) is 2. The third-order valence-corrected chi connectivity index (χ3v) is 3.20. The van der Waals surface area contributed by atoms with Crippen LogP contribution in [-0.4, -0.2) is 41.4 Å². The maximum atomic E-state index is 10.6. The summed E-state index contributed by atoms with van der Waals surface area (Å²) < 4.78 is 5.69. The molecule has 0 unspecified atom stereocenters. The minimum absolute atomic E-state index is 0.139. The number of rotatable bonds is 4. The fraction of sp³-hybridized carbons (Fsp3) is 0.571. The highest BCUT2D eigenvalue weighted by molar-refractivity contribution is 5.67. The largest absolute Gasteiger partial charge is 0.481 e. The summed E-state index contributed by atoms with van der Waals surface area (Å²) in [6, 6.07) is 2.03. The van der Waals surface area contributed by atoms with Crippen LogP contribution in [0.2, 0.25) is 0 Å². The molecule has 1 aromatic rings. The summed E-state index contributed by atoms with van der Waals surface area (Å²) in [6.45, 7) is 6.50. The fourth-order valence-electron chi connectivity index (χ4n) is 2.27. The fourth-order valence-corrected chi connectivity index (χ4v) is 2.27. The van der Waals surface area contributed by atoms with Gasteiger partial charge in [-0.3, -0.25) is 9.78 Å². The molecule has 1 aliphatic heterocycles. The van der Waals surface area contributed by atoms with Gasteiger partial charge in [-0.25, -0.2) is 0 Å². The average Bonchev–Trinajstić information content (AvgIpc) is 2.35. The van der Waals surface area contributed by atoms with E-state index >= 15 is 0 Å². The number of carboxylic acid groups (broad SMARTS) is 1. The molecule has 5 nitrogen and oxygen atoms in total. The molecule has 0 bridgehead atoms. The molecule has 1 aliphatic rings. The third kappa shape index (κ3) is 3.92. The van der Waals surface area contributed by atoms with Crippen LogP contribution in [0.5, 0.6) is 0 Å². The molecule has 2 heterocycles. The first-order chi connectivity index (χ1) is 8.96. The van der Waals surface area contributed by atoms with Gasteiger partial charge in [0.1, 0.15) is 0 Å². The molecule has 1 saturated heterocycles. The first-order valence-corrected chi connectivity index (χ1v) is 6.51. The smallest absolute Gasteiger partial charge is 0.303 e. The highest BCUT2D eigenvalue weighted by Crippen LogP contribution is 2.23. The summed E-state index contributed by atoms with van der Waals surface area (Å²) in [6.07, 6.45) is 4.22. The molecular weight excluding hydrogens is 244 g/mol. The summed E-state index contributed by atoms with van der Waals surface area (Å²) in [7, 11) is 0. The number of aromatic nitrogens is 1. The van der Waals surface area contributed by atoms with E-state index in [1.54, 1.807) is 6.20 Å². The lowest BCUT2D eigenvalue weighted by molar-refractivity contribution is -0.136. The Labute approximate surface area is 113 Å². The van der Waals surface area contributed by atoms with Crippen molar-refractivity contribution in [2.45, 2.75) is 32.3 Å². The zero-order valence-electron chi connectivity index (χ0n) is 11.4. The molecule has 0 amide bonds. The summed E-state index contributed by atoms with van der Waals surface area (Å²) in [5.74, 6) is -0.780. The molecule has 0 aromatic carbocycles. The summed E-state index contributed by atoms with van der Waals surface area (Å²) >= 11 is 0. The van der Waals surface area contributed by atoms with Crippen LogP contribution in [0.25, 0.3) is 0 Å². The Morgan fingerprint density at radius 3 is 3.00 bits per heavy atom. The number of aryl methyl sites for hydroxylation is 1. The van der Waals surface area contributed by atoms with Crippen molar-refractivity contribution < 1.29 is 14.6 Å². The Hall–Kier alpha value is -1.62. The molecule has 5 heteroatoms. The van der Waals surface area contributed by atoms with E-state index in [0.29, 0.717) is 13.0 Å². The van der Waals surface area contributed by atoms with Gasteiger partial charge in [0.2, 0.25) is 0 Å². The lowest BCUT2D eigenvalue weighted by Crippen LogP contribution is -2.48.